The van der Waals surface area contributed by atoms with Gasteiger partial charge in [-0.15, -0.1) is 13.0 Å². The minimum absolute atomic E-state index is 0.00895. The summed E-state index contributed by atoms with van der Waals surface area (Å²) in [5, 5.41) is 3.01. The molecule has 0 aromatic heterocycles. The van der Waals surface area contributed by atoms with Crippen molar-refractivity contribution in [3.63, 3.8) is 0 Å². The van der Waals surface area contributed by atoms with Gasteiger partial charge in [-0.1, -0.05) is 125 Å². The van der Waals surface area contributed by atoms with Crippen molar-refractivity contribution in [2.24, 2.45) is 11.8 Å². The average Bonchev–Trinajstić information content (AvgIpc) is 1.76. The number of anilines is 6. The number of nitrogens with zero attached hydrogens (tertiary/aromatic N) is 11. The van der Waals surface area contributed by atoms with Crippen molar-refractivity contribution in [1.29, 1.82) is 0 Å². The van der Waals surface area contributed by atoms with Crippen LogP contribution in [0.3, 0.4) is 0 Å². The van der Waals surface area contributed by atoms with Gasteiger partial charge < -0.3 is 59.2 Å². The Hall–Kier alpha value is -7.19. The lowest BCUT2D eigenvalue weighted by atomic mass is 9.94. The van der Waals surface area contributed by atoms with Gasteiger partial charge in [0.25, 0.3) is 5.91 Å². The molecule has 0 bridgehead atoms. The van der Waals surface area contributed by atoms with Gasteiger partial charge in [-0.25, -0.2) is 0 Å². The molecule has 7 aliphatic rings. The van der Waals surface area contributed by atoms with Gasteiger partial charge in [0.05, 0.1) is 22.6 Å². The number of ketones is 1. The first kappa shape index (κ1) is 90.3. The number of hydrogen-bond donors (Lipinski definition) is 1. The standard InChI is InChI=1S/C22H35N3O.C20H30N2O.C19H30N2.C18H29N3O.C18H26N2/c1-16(2)18-6-7-21(24-12-9-19(10-13-24)23(4)5)20(14-18)22(26)25-11-8-17(3)15-25;1-14(2)16-7-8-19(18(13-16)20(23)15-5-6-15)22-11-9-17(10-12-22)21(3)4;1-6-7-17-14-16(15(2)3)8-9-19(17)21-12-10-18(11-13-21)20(4)5;1-13(2)15-6-7-18(17(12-15)19-14(3)22)21-10-8-16(9-11-21)20(4)5;1-6-15-13-16(14(2)3)7-8-18(15)20-11-9-17(10-12-20)19(4)5/h6-7,14,16-17,19H,8-13,15H2,1-5H3;7-8,13-15,17H,5-6,9-12H2,1-4H3;6,8-9,14-15,18H,1,7,10-13H2,2-5H3;6-7,12-13,16H,8-11H2,1-5H3,(H,19,22);1,7-8,13-14,17H,9-12H2,2-5H3. The van der Waals surface area contributed by atoms with Crippen LogP contribution >= 0.6 is 0 Å². The highest BCUT2D eigenvalue weighted by Gasteiger charge is 2.35. The van der Waals surface area contributed by atoms with Gasteiger partial charge in [-0.3, -0.25) is 14.4 Å². The summed E-state index contributed by atoms with van der Waals surface area (Å²) in [6.45, 7) is 42.4. The first-order valence-corrected chi connectivity index (χ1v) is 43.2. The highest BCUT2D eigenvalue weighted by atomic mass is 16.2. The van der Waals surface area contributed by atoms with Gasteiger partial charge in [-0.2, -0.15) is 0 Å². The van der Waals surface area contributed by atoms with E-state index in [4.69, 9.17) is 6.42 Å². The van der Waals surface area contributed by atoms with Crippen molar-refractivity contribution in [3.05, 3.63) is 154 Å². The maximum absolute atomic E-state index is 13.3. The number of amides is 2. The normalized spacial score (nSPS) is 18.5. The average molecular weight is 1530 g/mol. The lowest BCUT2D eigenvalue weighted by Gasteiger charge is -2.37. The molecule has 5 aromatic carbocycles. The molecule has 112 heavy (non-hydrogen) atoms. The highest BCUT2D eigenvalue weighted by molar-refractivity contribution is 6.04. The number of allylic oxidation sites excluding steroid dienone is 1. The number of rotatable bonds is 21. The zero-order valence-electron chi connectivity index (χ0n) is 74.0. The molecule has 12 rings (SSSR count). The molecule has 1 atom stereocenters. The first-order valence-electron chi connectivity index (χ1n) is 43.2. The SMILES string of the molecule is C#Cc1cc(C(C)C)ccc1N1CCC(N(C)C)CC1.C=CCc1cc(C(C)C)ccc1N1CCC(N(C)C)CC1.CC(=O)Nc1cc(C(C)C)ccc1N1CCC(N(C)C)CC1.CC(C)c1ccc(N2CCC(N(C)C)CC2)c(C(=O)C2CC2)c1.CC1CCN(C(=O)c2cc(C(C)C)ccc2N2CCC(N(C)C)CC2)C1. The monoisotopic (exact) mass is 1530 g/mol. The molecule has 1 N–H and O–H groups in total. The van der Waals surface area contributed by atoms with Crippen molar-refractivity contribution in [2.45, 2.75) is 233 Å². The topological polar surface area (TPSA) is 98.9 Å². The van der Waals surface area contributed by atoms with Gasteiger partial charge in [0.15, 0.2) is 5.78 Å². The predicted octanol–water partition coefficient (Wildman–Crippen LogP) is 18.4. The molecule has 7 fully saturated rings. The van der Waals surface area contributed by atoms with E-state index in [0.717, 1.165) is 157 Å². The summed E-state index contributed by atoms with van der Waals surface area (Å²) in [5.74, 6) is 6.83. The van der Waals surface area contributed by atoms with Crippen molar-refractivity contribution >= 4 is 51.7 Å². The van der Waals surface area contributed by atoms with Gasteiger partial charge in [0.2, 0.25) is 5.91 Å². The van der Waals surface area contributed by atoms with E-state index in [1.54, 1.807) is 6.92 Å². The summed E-state index contributed by atoms with van der Waals surface area (Å²) in [4.78, 5) is 63.6. The van der Waals surface area contributed by atoms with Crippen molar-refractivity contribution in [2.75, 3.05) is 179 Å². The van der Waals surface area contributed by atoms with Crippen LogP contribution in [0.2, 0.25) is 0 Å². The Bertz CT molecular complexity index is 3820. The zero-order valence-corrected chi connectivity index (χ0v) is 74.0. The van der Waals surface area contributed by atoms with Gasteiger partial charge >= 0.3 is 0 Å². The van der Waals surface area contributed by atoms with E-state index in [-0.39, 0.29) is 17.7 Å². The molecule has 1 unspecified atom stereocenters. The summed E-state index contributed by atoms with van der Waals surface area (Å²) in [6, 6.07) is 36.6. The molecular formula is C97H150N12O3. The van der Waals surface area contributed by atoms with Crippen LogP contribution in [0.5, 0.6) is 0 Å². The van der Waals surface area contributed by atoms with Crippen LogP contribution in [0.1, 0.15) is 256 Å². The fourth-order valence-electron chi connectivity index (χ4n) is 17.1. The number of carbonyl (C=O) groups excluding carboxylic acids is 3. The third-order valence-corrected chi connectivity index (χ3v) is 25.2. The molecule has 1 aliphatic carbocycles. The molecular weight excluding hydrogens is 1380 g/mol. The Kier molecular flexibility index (Phi) is 34.7. The van der Waals surface area contributed by atoms with Crippen LogP contribution in [0.25, 0.3) is 0 Å². The number of Topliss-reactive ketones (excluding diaryl/α,β-unsaturated/α-hetero) is 1. The summed E-state index contributed by atoms with van der Waals surface area (Å²) < 4.78 is 0. The van der Waals surface area contributed by atoms with E-state index in [0.29, 0.717) is 65.5 Å². The molecule has 5 aromatic rings. The van der Waals surface area contributed by atoms with Crippen LogP contribution in [-0.4, -0.2) is 226 Å². The number of hydrogen-bond acceptors (Lipinski definition) is 13. The molecule has 15 heteroatoms. The summed E-state index contributed by atoms with van der Waals surface area (Å²) in [7, 11) is 21.7. The van der Waals surface area contributed by atoms with Gasteiger partial charge in [-0.05, 0) is 284 Å². The van der Waals surface area contributed by atoms with Crippen molar-refractivity contribution < 1.29 is 14.4 Å². The van der Waals surface area contributed by atoms with E-state index in [9.17, 15) is 14.4 Å². The number of benzene rings is 5. The Labute approximate surface area is 681 Å². The second kappa shape index (κ2) is 43.0. The lowest BCUT2D eigenvalue weighted by Crippen LogP contribution is -2.42. The second-order valence-electron chi connectivity index (χ2n) is 36.3. The van der Waals surface area contributed by atoms with Gasteiger partial charge in [0, 0.05) is 150 Å². The van der Waals surface area contributed by atoms with Crippen LogP contribution in [-0.2, 0) is 11.2 Å². The Morgan fingerprint density at radius 2 is 0.750 bits per heavy atom. The smallest absolute Gasteiger partial charge is 0.255 e. The molecule has 1 saturated carbocycles. The molecule has 0 radical (unpaired) electrons. The fraction of sp³-hybridized carbons (Fsp3) is 0.619. The number of carbonyl (C=O) groups is 3. The van der Waals surface area contributed by atoms with Crippen LogP contribution in [0.4, 0.5) is 34.1 Å². The van der Waals surface area contributed by atoms with E-state index in [2.05, 4.69) is 309 Å². The van der Waals surface area contributed by atoms with E-state index < -0.39 is 0 Å². The number of terminal acetylenes is 1. The van der Waals surface area contributed by atoms with Crippen molar-refractivity contribution in [3.8, 4) is 12.3 Å². The van der Waals surface area contributed by atoms with Crippen LogP contribution < -0.4 is 29.8 Å². The zero-order chi connectivity index (χ0) is 81.8. The summed E-state index contributed by atoms with van der Waals surface area (Å²) in [6.07, 6.45) is 23.9. The first-order chi connectivity index (χ1) is 53.3. The number of nitrogens with one attached hydrogen (secondary N) is 1. The molecule has 6 aliphatic heterocycles. The van der Waals surface area contributed by atoms with Crippen LogP contribution in [0, 0.1) is 24.2 Å². The molecule has 0 spiro atoms. The third-order valence-electron chi connectivity index (χ3n) is 25.2. The van der Waals surface area contributed by atoms with E-state index in [1.165, 1.54) is 102 Å². The maximum Gasteiger partial charge on any atom is 0.255 e. The molecule has 15 nitrogen and oxygen atoms in total. The highest BCUT2D eigenvalue weighted by Crippen LogP contribution is 2.40. The van der Waals surface area contributed by atoms with Crippen molar-refractivity contribution in [1.82, 2.24) is 29.4 Å². The largest absolute Gasteiger partial charge is 0.371 e. The van der Waals surface area contributed by atoms with E-state index in [1.807, 2.05) is 6.08 Å². The van der Waals surface area contributed by atoms with Gasteiger partial charge in [0.1, 0.15) is 0 Å². The Morgan fingerprint density at radius 1 is 0.429 bits per heavy atom. The molecule has 6 heterocycles. The Morgan fingerprint density at radius 3 is 1.10 bits per heavy atom. The summed E-state index contributed by atoms with van der Waals surface area (Å²) in [5.41, 5.74) is 18.0. The predicted molar refractivity (Wildman–Crippen MR) is 480 cm³/mol. The third kappa shape index (κ3) is 25.4. The minimum atomic E-state index is -0.00895. The summed E-state index contributed by atoms with van der Waals surface area (Å²) >= 11 is 0. The lowest BCUT2D eigenvalue weighted by molar-refractivity contribution is -0.114. The quantitative estimate of drug-likeness (QED) is 0.0429. The molecule has 6 saturated heterocycles. The Balaban J connectivity index is 0.000000176. The maximum atomic E-state index is 13.3. The minimum Gasteiger partial charge on any atom is -0.371 e. The number of piperidine rings is 5. The molecule has 2 amide bonds. The second-order valence-corrected chi connectivity index (χ2v) is 36.3. The fourth-order valence-corrected chi connectivity index (χ4v) is 17.1. The van der Waals surface area contributed by atoms with E-state index >= 15 is 0 Å². The molecule has 616 valence electrons. The van der Waals surface area contributed by atoms with Crippen LogP contribution in [0.15, 0.2) is 104 Å². The number of likely N-dealkylation sites (tertiary alicyclic amines) is 1.